The Morgan fingerprint density at radius 1 is 0.933 bits per heavy atom. The first-order chi connectivity index (χ1) is 14.5. The number of Topliss-reactive ketones (excluding diaryl/α,β-unsaturated/α-hetero) is 2. The first-order valence-corrected chi connectivity index (χ1v) is 10.2. The number of hydrogen-bond donors (Lipinski definition) is 0. The third-order valence-corrected chi connectivity index (χ3v) is 5.52. The third kappa shape index (κ3) is 3.81. The van der Waals surface area contributed by atoms with Crippen LogP contribution >= 0.6 is 15.9 Å². The molecule has 1 aliphatic carbocycles. The smallest absolute Gasteiger partial charge is 0.197 e. The highest BCUT2D eigenvalue weighted by Gasteiger charge is 2.32. The second-order valence-electron chi connectivity index (χ2n) is 7.07. The lowest BCUT2D eigenvalue weighted by Gasteiger charge is -2.14. The fourth-order valence-corrected chi connectivity index (χ4v) is 4.06. The number of ketones is 2. The van der Waals surface area contributed by atoms with Gasteiger partial charge >= 0.3 is 0 Å². The number of allylic oxidation sites excluding steroid dienone is 1. The van der Waals surface area contributed by atoms with Crippen molar-refractivity contribution in [2.75, 3.05) is 7.11 Å². The molecule has 150 valence electrons. The number of fused-ring (bicyclic) bond motifs is 1. The summed E-state index contributed by atoms with van der Waals surface area (Å²) in [5.41, 5.74) is 3.92. The molecule has 5 heteroatoms. The van der Waals surface area contributed by atoms with Crippen molar-refractivity contribution < 1.29 is 19.1 Å². The fraction of sp³-hybridized carbons (Fsp3) is 0.120. The first-order valence-electron chi connectivity index (χ1n) is 9.44. The summed E-state index contributed by atoms with van der Waals surface area (Å²) in [6.07, 6.45) is 1.60. The number of aryl methyl sites for hydroxylation is 1. The zero-order chi connectivity index (χ0) is 21.3. The lowest BCUT2D eigenvalue weighted by Crippen LogP contribution is -2.01. The molecule has 0 radical (unpaired) electrons. The molecule has 0 amide bonds. The summed E-state index contributed by atoms with van der Waals surface area (Å²) in [7, 11) is 1.56. The molecule has 0 spiro atoms. The van der Waals surface area contributed by atoms with Gasteiger partial charge < -0.3 is 9.47 Å². The first kappa shape index (κ1) is 20.1. The lowest BCUT2D eigenvalue weighted by molar-refractivity contribution is 0.0990. The van der Waals surface area contributed by atoms with E-state index in [0.717, 1.165) is 11.1 Å². The molecule has 4 nitrogen and oxygen atoms in total. The molecule has 0 aliphatic heterocycles. The zero-order valence-electron chi connectivity index (χ0n) is 16.6. The highest BCUT2D eigenvalue weighted by Crippen LogP contribution is 2.38. The van der Waals surface area contributed by atoms with Crippen molar-refractivity contribution in [1.82, 2.24) is 0 Å². The molecule has 0 bridgehead atoms. The van der Waals surface area contributed by atoms with Gasteiger partial charge in [-0.25, -0.2) is 0 Å². The summed E-state index contributed by atoms with van der Waals surface area (Å²) >= 11 is 3.53. The van der Waals surface area contributed by atoms with Crippen LogP contribution in [0.3, 0.4) is 0 Å². The SMILES string of the molecule is COc1cc(C=C2C(=O)c3ccccc3C2=O)cc(Br)c1OCc1cccc(C)c1. The molecule has 0 saturated carbocycles. The van der Waals surface area contributed by atoms with E-state index in [0.29, 0.717) is 39.3 Å². The summed E-state index contributed by atoms with van der Waals surface area (Å²) in [6.45, 7) is 2.43. The minimum Gasteiger partial charge on any atom is -0.493 e. The molecule has 3 aromatic carbocycles. The van der Waals surface area contributed by atoms with Crippen LogP contribution in [-0.4, -0.2) is 18.7 Å². The summed E-state index contributed by atoms with van der Waals surface area (Å²) in [6, 6.07) is 18.5. The van der Waals surface area contributed by atoms with Crippen molar-refractivity contribution in [2.45, 2.75) is 13.5 Å². The summed E-state index contributed by atoms with van der Waals surface area (Å²) in [5, 5.41) is 0. The lowest BCUT2D eigenvalue weighted by atomic mass is 10.1. The van der Waals surface area contributed by atoms with Crippen LogP contribution in [0.4, 0.5) is 0 Å². The Morgan fingerprint density at radius 3 is 2.27 bits per heavy atom. The van der Waals surface area contributed by atoms with Crippen molar-refractivity contribution in [3.05, 3.63) is 98.5 Å². The van der Waals surface area contributed by atoms with E-state index in [-0.39, 0.29) is 17.1 Å². The topological polar surface area (TPSA) is 52.6 Å². The van der Waals surface area contributed by atoms with Gasteiger partial charge in [-0.15, -0.1) is 0 Å². The van der Waals surface area contributed by atoms with Gasteiger partial charge in [0.05, 0.1) is 17.2 Å². The second-order valence-corrected chi connectivity index (χ2v) is 7.93. The Labute approximate surface area is 183 Å². The molecule has 0 fully saturated rings. The largest absolute Gasteiger partial charge is 0.493 e. The van der Waals surface area contributed by atoms with E-state index in [9.17, 15) is 9.59 Å². The minimum atomic E-state index is -0.259. The maximum atomic E-state index is 12.6. The molecule has 3 aromatic rings. The highest BCUT2D eigenvalue weighted by atomic mass is 79.9. The van der Waals surface area contributed by atoms with Crippen molar-refractivity contribution in [3.63, 3.8) is 0 Å². The predicted octanol–water partition coefficient (Wildman–Crippen LogP) is 5.81. The van der Waals surface area contributed by atoms with Gasteiger partial charge in [-0.05, 0) is 52.2 Å². The maximum absolute atomic E-state index is 12.6. The quantitative estimate of drug-likeness (QED) is 0.354. The minimum absolute atomic E-state index is 0.151. The van der Waals surface area contributed by atoms with Crippen molar-refractivity contribution in [1.29, 1.82) is 0 Å². The summed E-state index contributed by atoms with van der Waals surface area (Å²) < 4.78 is 12.2. The Hall–Kier alpha value is -3.18. The molecule has 0 unspecified atom stereocenters. The van der Waals surface area contributed by atoms with Crippen molar-refractivity contribution in [3.8, 4) is 11.5 Å². The Bertz CT molecular complexity index is 1160. The number of hydrogen-bond acceptors (Lipinski definition) is 4. The van der Waals surface area contributed by atoms with Gasteiger partial charge in [-0.3, -0.25) is 9.59 Å². The average Bonchev–Trinajstić information content (AvgIpc) is 2.98. The molecule has 4 rings (SSSR count). The molecule has 1 aliphatic rings. The van der Waals surface area contributed by atoms with Gasteiger partial charge in [0, 0.05) is 11.1 Å². The van der Waals surface area contributed by atoms with E-state index in [4.69, 9.17) is 9.47 Å². The number of methoxy groups -OCH3 is 1. The summed E-state index contributed by atoms with van der Waals surface area (Å²) in [4.78, 5) is 25.3. The third-order valence-electron chi connectivity index (χ3n) is 4.93. The predicted molar refractivity (Wildman–Crippen MR) is 119 cm³/mol. The standard InChI is InChI=1S/C25H19BrO4/c1-15-6-5-7-16(10-15)14-30-25-21(26)12-17(13-22(25)29-2)11-20-23(27)18-8-3-4-9-19(18)24(20)28/h3-13H,14H2,1-2H3. The molecule has 0 N–H and O–H groups in total. The Balaban J connectivity index is 1.64. The normalized spacial score (nSPS) is 12.7. The highest BCUT2D eigenvalue weighted by molar-refractivity contribution is 9.10. The van der Waals surface area contributed by atoms with Crippen LogP contribution in [0.2, 0.25) is 0 Å². The van der Waals surface area contributed by atoms with Crippen LogP contribution in [-0.2, 0) is 6.61 Å². The second kappa shape index (κ2) is 8.28. The average molecular weight is 463 g/mol. The molecule has 30 heavy (non-hydrogen) atoms. The molecule has 0 atom stereocenters. The number of halogens is 1. The van der Waals surface area contributed by atoms with Crippen LogP contribution in [0.15, 0.2) is 70.7 Å². The van der Waals surface area contributed by atoms with E-state index in [1.54, 1.807) is 43.5 Å². The van der Waals surface area contributed by atoms with E-state index < -0.39 is 0 Å². The number of ether oxygens (including phenoxy) is 2. The van der Waals surface area contributed by atoms with Crippen LogP contribution in [0.5, 0.6) is 11.5 Å². The number of rotatable bonds is 5. The van der Waals surface area contributed by atoms with Crippen LogP contribution in [0.1, 0.15) is 37.4 Å². The van der Waals surface area contributed by atoms with E-state index in [1.807, 2.05) is 31.2 Å². The molecule has 0 aromatic heterocycles. The Kier molecular flexibility index (Phi) is 5.55. The molecular formula is C25H19BrO4. The van der Waals surface area contributed by atoms with Gasteiger partial charge in [-0.2, -0.15) is 0 Å². The van der Waals surface area contributed by atoms with Gasteiger partial charge in [0.2, 0.25) is 0 Å². The van der Waals surface area contributed by atoms with Crippen LogP contribution in [0.25, 0.3) is 6.08 Å². The molecule has 0 saturated heterocycles. The van der Waals surface area contributed by atoms with Gasteiger partial charge in [-0.1, -0.05) is 54.1 Å². The zero-order valence-corrected chi connectivity index (χ0v) is 18.2. The van der Waals surface area contributed by atoms with Crippen molar-refractivity contribution in [2.24, 2.45) is 0 Å². The monoisotopic (exact) mass is 462 g/mol. The number of carbonyl (C=O) groups excluding carboxylic acids is 2. The molecular weight excluding hydrogens is 444 g/mol. The fourth-order valence-electron chi connectivity index (χ4n) is 3.49. The number of carbonyl (C=O) groups is 2. The van der Waals surface area contributed by atoms with E-state index in [1.165, 1.54) is 0 Å². The summed E-state index contributed by atoms with van der Waals surface area (Å²) in [5.74, 6) is 0.559. The van der Waals surface area contributed by atoms with Gasteiger partial charge in [0.15, 0.2) is 23.1 Å². The van der Waals surface area contributed by atoms with Crippen molar-refractivity contribution >= 4 is 33.6 Å². The van der Waals surface area contributed by atoms with Crippen LogP contribution in [0, 0.1) is 6.92 Å². The number of benzene rings is 3. The van der Waals surface area contributed by atoms with Crippen LogP contribution < -0.4 is 9.47 Å². The van der Waals surface area contributed by atoms with Gasteiger partial charge in [0.25, 0.3) is 0 Å². The van der Waals surface area contributed by atoms with Gasteiger partial charge in [0.1, 0.15) is 6.61 Å². The Morgan fingerprint density at radius 2 is 1.63 bits per heavy atom. The van der Waals surface area contributed by atoms with E-state index >= 15 is 0 Å². The maximum Gasteiger partial charge on any atom is 0.197 e. The molecule has 0 heterocycles. The van der Waals surface area contributed by atoms with E-state index in [2.05, 4.69) is 22.0 Å².